The highest BCUT2D eigenvalue weighted by Crippen LogP contribution is 2.26. The van der Waals surface area contributed by atoms with Crippen molar-refractivity contribution in [3.63, 3.8) is 0 Å². The molecule has 1 saturated heterocycles. The van der Waals surface area contributed by atoms with E-state index in [-0.39, 0.29) is 5.69 Å². The molecule has 0 aromatic heterocycles. The summed E-state index contributed by atoms with van der Waals surface area (Å²) in [7, 11) is 0. The Morgan fingerprint density at radius 1 is 1.18 bits per heavy atom. The maximum atomic E-state index is 11.3. The second-order valence-corrected chi connectivity index (χ2v) is 6.99. The largest absolute Gasteiger partial charge is 0.372 e. The van der Waals surface area contributed by atoms with Crippen LogP contribution in [-0.2, 0) is 6.54 Å². The number of piperidine rings is 1. The number of nitro benzene ring substituents is 1. The molecule has 28 heavy (non-hydrogen) atoms. The number of anilines is 1. The lowest BCUT2D eigenvalue weighted by molar-refractivity contribution is -0.385. The molecule has 0 radical (unpaired) electrons. The van der Waals surface area contributed by atoms with E-state index in [1.165, 1.54) is 18.7 Å². The van der Waals surface area contributed by atoms with Crippen LogP contribution in [0.3, 0.4) is 0 Å². The molecule has 3 rings (SSSR count). The predicted octanol–water partition coefficient (Wildman–Crippen LogP) is 3.58. The van der Waals surface area contributed by atoms with E-state index in [4.69, 9.17) is 12.2 Å². The number of hydrogen-bond donors (Lipinski definition) is 2. The molecule has 0 spiro atoms. The smallest absolute Gasteiger partial charge is 0.278 e. The average molecular weight is 398 g/mol. The third-order valence-electron chi connectivity index (χ3n) is 4.59. The van der Waals surface area contributed by atoms with Gasteiger partial charge in [-0.15, -0.1) is 0 Å². The van der Waals surface area contributed by atoms with Crippen LogP contribution in [0.15, 0.2) is 53.6 Å². The van der Waals surface area contributed by atoms with Gasteiger partial charge in [0.25, 0.3) is 5.69 Å². The lowest BCUT2D eigenvalue weighted by Crippen LogP contribution is -2.31. The maximum Gasteiger partial charge on any atom is 0.278 e. The first kappa shape index (κ1) is 19.8. The molecule has 0 atom stereocenters. The van der Waals surface area contributed by atoms with E-state index in [2.05, 4.69) is 20.7 Å². The highest BCUT2D eigenvalue weighted by Gasteiger charge is 2.17. The molecule has 2 aromatic carbocycles. The van der Waals surface area contributed by atoms with Gasteiger partial charge in [-0.1, -0.05) is 30.3 Å². The van der Waals surface area contributed by atoms with Crippen LogP contribution in [-0.4, -0.2) is 29.3 Å². The second-order valence-electron chi connectivity index (χ2n) is 6.59. The van der Waals surface area contributed by atoms with Gasteiger partial charge in [0, 0.05) is 31.4 Å². The first-order valence-corrected chi connectivity index (χ1v) is 9.68. The molecule has 1 aliphatic rings. The van der Waals surface area contributed by atoms with Gasteiger partial charge in [0.05, 0.1) is 16.7 Å². The Morgan fingerprint density at radius 3 is 2.64 bits per heavy atom. The summed E-state index contributed by atoms with van der Waals surface area (Å²) in [6.45, 7) is 2.52. The van der Waals surface area contributed by atoms with Gasteiger partial charge in [0.1, 0.15) is 0 Å². The van der Waals surface area contributed by atoms with Gasteiger partial charge in [-0.05, 0) is 49.2 Å². The monoisotopic (exact) mass is 397 g/mol. The molecule has 7 nitrogen and oxygen atoms in total. The number of rotatable bonds is 6. The summed E-state index contributed by atoms with van der Waals surface area (Å²) in [5.41, 5.74) is 5.27. The molecule has 0 amide bonds. The van der Waals surface area contributed by atoms with Gasteiger partial charge < -0.3 is 10.2 Å². The van der Waals surface area contributed by atoms with Gasteiger partial charge in [-0.2, -0.15) is 5.10 Å². The van der Waals surface area contributed by atoms with E-state index in [9.17, 15) is 10.1 Å². The quantitative estimate of drug-likeness (QED) is 0.336. The lowest BCUT2D eigenvalue weighted by atomic mass is 10.1. The molecule has 0 unspecified atom stereocenters. The van der Waals surface area contributed by atoms with Crippen LogP contribution in [0.4, 0.5) is 11.4 Å². The van der Waals surface area contributed by atoms with Crippen LogP contribution in [0.25, 0.3) is 0 Å². The Kier molecular flexibility index (Phi) is 6.91. The van der Waals surface area contributed by atoms with E-state index >= 15 is 0 Å². The number of nitrogens with zero attached hydrogens (tertiary/aromatic N) is 3. The molecule has 1 aliphatic heterocycles. The van der Waals surface area contributed by atoms with E-state index in [0.29, 0.717) is 17.2 Å². The fraction of sp³-hybridized carbons (Fsp3) is 0.300. The zero-order chi connectivity index (χ0) is 19.8. The van der Waals surface area contributed by atoms with Gasteiger partial charge in [-0.3, -0.25) is 15.5 Å². The van der Waals surface area contributed by atoms with Crippen LogP contribution in [0.1, 0.15) is 30.4 Å². The van der Waals surface area contributed by atoms with Crippen LogP contribution in [0.5, 0.6) is 0 Å². The SMILES string of the molecule is O=[N+]([O-])c1ccc(N2CCCCC2)cc1/C=N\NC(=S)NCc1ccccc1. The molecule has 8 heteroatoms. The van der Waals surface area contributed by atoms with Crippen molar-refractivity contribution in [2.24, 2.45) is 5.10 Å². The fourth-order valence-electron chi connectivity index (χ4n) is 3.14. The second kappa shape index (κ2) is 9.80. The number of hydrogen-bond acceptors (Lipinski definition) is 5. The molecule has 0 bridgehead atoms. The van der Waals surface area contributed by atoms with Crippen molar-refractivity contribution >= 4 is 34.9 Å². The molecule has 1 fully saturated rings. The van der Waals surface area contributed by atoms with Crippen LogP contribution in [0.2, 0.25) is 0 Å². The first-order valence-electron chi connectivity index (χ1n) is 9.28. The summed E-state index contributed by atoms with van der Waals surface area (Å²) < 4.78 is 0. The van der Waals surface area contributed by atoms with Crippen LogP contribution < -0.4 is 15.6 Å². The third-order valence-corrected chi connectivity index (χ3v) is 4.83. The third kappa shape index (κ3) is 5.50. The topological polar surface area (TPSA) is 82.8 Å². The minimum atomic E-state index is -0.396. The van der Waals surface area contributed by atoms with Crippen molar-refractivity contribution in [2.75, 3.05) is 18.0 Å². The predicted molar refractivity (Wildman–Crippen MR) is 116 cm³/mol. The first-order chi connectivity index (χ1) is 13.6. The average Bonchev–Trinajstić information content (AvgIpc) is 2.73. The summed E-state index contributed by atoms with van der Waals surface area (Å²) in [4.78, 5) is 13.2. The highest BCUT2D eigenvalue weighted by atomic mass is 32.1. The van der Waals surface area contributed by atoms with Gasteiger partial charge in [0.2, 0.25) is 0 Å². The molecule has 2 aromatic rings. The van der Waals surface area contributed by atoms with Gasteiger partial charge >= 0.3 is 0 Å². The van der Waals surface area contributed by atoms with Crippen molar-refractivity contribution in [3.05, 3.63) is 69.8 Å². The summed E-state index contributed by atoms with van der Waals surface area (Å²) in [5.74, 6) is 0. The normalized spacial score (nSPS) is 14.1. The van der Waals surface area contributed by atoms with E-state index in [1.807, 2.05) is 36.4 Å². The Labute approximate surface area is 169 Å². The van der Waals surface area contributed by atoms with E-state index < -0.39 is 4.92 Å². The summed E-state index contributed by atoms with van der Waals surface area (Å²) in [6.07, 6.45) is 4.96. The van der Waals surface area contributed by atoms with E-state index in [1.54, 1.807) is 6.07 Å². The summed E-state index contributed by atoms with van der Waals surface area (Å²) >= 11 is 5.20. The van der Waals surface area contributed by atoms with Crippen LogP contribution >= 0.6 is 12.2 Å². The lowest BCUT2D eigenvalue weighted by Gasteiger charge is -2.28. The number of thiocarbonyl (C=S) groups is 1. The fourth-order valence-corrected chi connectivity index (χ4v) is 3.26. The molecule has 0 aliphatic carbocycles. The van der Waals surface area contributed by atoms with Crippen molar-refractivity contribution in [1.82, 2.24) is 10.7 Å². The van der Waals surface area contributed by atoms with Crippen molar-refractivity contribution in [1.29, 1.82) is 0 Å². The Hall–Kier alpha value is -3.00. The molecule has 1 heterocycles. The molecule has 0 saturated carbocycles. The summed E-state index contributed by atoms with van der Waals surface area (Å²) in [5, 5.41) is 18.8. The Bertz CT molecular complexity index is 851. The highest BCUT2D eigenvalue weighted by molar-refractivity contribution is 7.80. The number of nitro groups is 1. The van der Waals surface area contributed by atoms with Crippen molar-refractivity contribution in [3.8, 4) is 0 Å². The van der Waals surface area contributed by atoms with Crippen molar-refractivity contribution < 1.29 is 4.92 Å². The zero-order valence-electron chi connectivity index (χ0n) is 15.5. The number of benzene rings is 2. The van der Waals surface area contributed by atoms with Crippen molar-refractivity contribution in [2.45, 2.75) is 25.8 Å². The standard InChI is InChI=1S/C20H23N5O2S/c26-25(27)19-10-9-18(24-11-5-2-6-12-24)13-17(19)15-22-23-20(28)21-14-16-7-3-1-4-8-16/h1,3-4,7-10,13,15H,2,5-6,11-12,14H2,(H2,21,23,28)/b22-15-. The number of hydrazone groups is 1. The molecule has 146 valence electrons. The van der Waals surface area contributed by atoms with Crippen LogP contribution in [0, 0.1) is 10.1 Å². The minimum Gasteiger partial charge on any atom is -0.372 e. The zero-order valence-corrected chi connectivity index (χ0v) is 16.3. The maximum absolute atomic E-state index is 11.3. The van der Waals surface area contributed by atoms with Gasteiger partial charge in [-0.25, -0.2) is 0 Å². The van der Waals surface area contributed by atoms with Gasteiger partial charge in [0.15, 0.2) is 5.11 Å². The molecular weight excluding hydrogens is 374 g/mol. The molecule has 2 N–H and O–H groups in total. The summed E-state index contributed by atoms with van der Waals surface area (Å²) in [6, 6.07) is 15.0. The van der Waals surface area contributed by atoms with E-state index in [0.717, 1.165) is 37.2 Å². The Morgan fingerprint density at radius 2 is 1.93 bits per heavy atom. The minimum absolute atomic E-state index is 0.0227. The molecular formula is C20H23N5O2S. The number of nitrogens with one attached hydrogen (secondary N) is 2. The Balaban J connectivity index is 1.63.